The average molecular weight is 444 g/mol. The normalized spacial score (nSPS) is 10.8. The number of rotatable bonds is 5. The summed E-state index contributed by atoms with van der Waals surface area (Å²) < 4.78 is 28.1. The van der Waals surface area contributed by atoms with Gasteiger partial charge in [-0.3, -0.25) is 0 Å². The Morgan fingerprint density at radius 2 is 2.07 bits per heavy atom. The standard InChI is InChI=1S/C20H12Cl2FN5O2/c1-28-10-25-9-16(28)20-27-26-17(30-20)6-12-2-3-15(22)19(18(12)23)29-14-5-11(8-24)4-13(21)7-14/h2-5,7,9-10H,6H2,1H3. The first-order valence-electron chi connectivity index (χ1n) is 8.59. The van der Waals surface area contributed by atoms with E-state index in [2.05, 4.69) is 15.2 Å². The van der Waals surface area contributed by atoms with Gasteiger partial charge in [0.25, 0.3) is 5.89 Å². The second-order valence-corrected chi connectivity index (χ2v) is 7.15. The molecule has 0 aliphatic carbocycles. The summed E-state index contributed by atoms with van der Waals surface area (Å²) in [4.78, 5) is 4.00. The average Bonchev–Trinajstić information content (AvgIpc) is 3.35. The van der Waals surface area contributed by atoms with E-state index >= 15 is 4.39 Å². The summed E-state index contributed by atoms with van der Waals surface area (Å²) in [6, 6.07) is 9.34. The van der Waals surface area contributed by atoms with Crippen LogP contribution in [0.15, 0.2) is 47.3 Å². The minimum atomic E-state index is -0.679. The molecule has 4 aromatic rings. The van der Waals surface area contributed by atoms with E-state index in [1.165, 1.54) is 30.3 Å². The number of imidazole rings is 1. The highest BCUT2D eigenvalue weighted by Crippen LogP contribution is 2.36. The molecule has 0 bridgehead atoms. The fourth-order valence-electron chi connectivity index (χ4n) is 2.76. The molecule has 2 aromatic carbocycles. The fraction of sp³-hybridized carbons (Fsp3) is 0.100. The lowest BCUT2D eigenvalue weighted by Crippen LogP contribution is -1.98. The molecule has 0 saturated carbocycles. The highest BCUT2D eigenvalue weighted by Gasteiger charge is 2.19. The molecular weight excluding hydrogens is 432 g/mol. The van der Waals surface area contributed by atoms with Crippen molar-refractivity contribution in [2.24, 2.45) is 7.05 Å². The SMILES string of the molecule is Cn1cncc1-c1nnc(Cc2ccc(Cl)c(Oc3cc(Cl)cc(C#N)c3)c2F)o1. The topological polar surface area (TPSA) is 89.8 Å². The summed E-state index contributed by atoms with van der Waals surface area (Å²) in [6.45, 7) is 0. The molecule has 150 valence electrons. The van der Waals surface area contributed by atoms with Gasteiger partial charge in [0.15, 0.2) is 11.6 Å². The lowest BCUT2D eigenvalue weighted by atomic mass is 10.1. The first kappa shape index (κ1) is 19.9. The van der Waals surface area contributed by atoms with Crippen LogP contribution >= 0.6 is 23.2 Å². The summed E-state index contributed by atoms with van der Waals surface area (Å²) in [7, 11) is 1.79. The second-order valence-electron chi connectivity index (χ2n) is 6.31. The number of nitriles is 1. The molecule has 0 spiro atoms. The monoisotopic (exact) mass is 443 g/mol. The first-order valence-corrected chi connectivity index (χ1v) is 9.34. The Morgan fingerprint density at radius 3 is 2.80 bits per heavy atom. The van der Waals surface area contributed by atoms with E-state index in [0.717, 1.165) is 0 Å². The fourth-order valence-corrected chi connectivity index (χ4v) is 3.17. The van der Waals surface area contributed by atoms with Crippen LogP contribution in [0.2, 0.25) is 10.0 Å². The Hall–Kier alpha value is -3.41. The smallest absolute Gasteiger partial charge is 0.265 e. The van der Waals surface area contributed by atoms with Crippen molar-refractivity contribution in [3.63, 3.8) is 0 Å². The van der Waals surface area contributed by atoms with Gasteiger partial charge in [-0.1, -0.05) is 29.3 Å². The molecule has 30 heavy (non-hydrogen) atoms. The Kier molecular flexibility index (Phi) is 5.40. The summed E-state index contributed by atoms with van der Waals surface area (Å²) in [6.07, 6.45) is 3.23. The highest BCUT2D eigenvalue weighted by atomic mass is 35.5. The van der Waals surface area contributed by atoms with E-state index in [1.807, 2.05) is 6.07 Å². The van der Waals surface area contributed by atoms with Crippen LogP contribution in [0.1, 0.15) is 17.0 Å². The Balaban J connectivity index is 1.62. The Labute approximate surface area is 180 Å². The quantitative estimate of drug-likeness (QED) is 0.422. The van der Waals surface area contributed by atoms with Crippen molar-refractivity contribution in [3.8, 4) is 29.2 Å². The number of aromatic nitrogens is 4. The molecular formula is C20H12Cl2FN5O2. The summed E-state index contributed by atoms with van der Waals surface area (Å²) >= 11 is 12.1. The van der Waals surface area contributed by atoms with E-state index in [4.69, 9.17) is 37.6 Å². The summed E-state index contributed by atoms with van der Waals surface area (Å²) in [5.74, 6) is -0.187. The number of hydrogen-bond acceptors (Lipinski definition) is 6. The first-order chi connectivity index (χ1) is 14.4. The van der Waals surface area contributed by atoms with Gasteiger partial charge in [-0.05, 0) is 24.3 Å². The van der Waals surface area contributed by atoms with Gasteiger partial charge in [0.05, 0.1) is 35.6 Å². The molecule has 2 heterocycles. The Bertz CT molecular complexity index is 1280. The van der Waals surface area contributed by atoms with Crippen molar-refractivity contribution < 1.29 is 13.5 Å². The molecule has 0 fully saturated rings. The van der Waals surface area contributed by atoms with Gasteiger partial charge in [-0.25, -0.2) is 9.37 Å². The van der Waals surface area contributed by atoms with Crippen LogP contribution < -0.4 is 4.74 Å². The van der Waals surface area contributed by atoms with Crippen molar-refractivity contribution in [3.05, 3.63) is 75.7 Å². The largest absolute Gasteiger partial charge is 0.453 e. The molecule has 0 atom stereocenters. The summed E-state index contributed by atoms with van der Waals surface area (Å²) in [5, 5.41) is 17.4. The third kappa shape index (κ3) is 3.99. The highest BCUT2D eigenvalue weighted by molar-refractivity contribution is 6.32. The van der Waals surface area contributed by atoms with Crippen LogP contribution in [0, 0.1) is 17.1 Å². The van der Waals surface area contributed by atoms with Crippen LogP contribution in [0.5, 0.6) is 11.5 Å². The zero-order valence-electron chi connectivity index (χ0n) is 15.4. The molecule has 7 nitrogen and oxygen atoms in total. The lowest BCUT2D eigenvalue weighted by molar-refractivity contribution is 0.437. The van der Waals surface area contributed by atoms with Crippen molar-refractivity contribution in [1.29, 1.82) is 5.26 Å². The maximum atomic E-state index is 15.1. The molecule has 0 aliphatic rings. The zero-order valence-corrected chi connectivity index (χ0v) is 16.9. The van der Waals surface area contributed by atoms with E-state index in [1.54, 1.807) is 24.1 Å². The molecule has 2 aromatic heterocycles. The van der Waals surface area contributed by atoms with E-state index < -0.39 is 5.82 Å². The molecule has 4 rings (SSSR count). The molecule has 10 heteroatoms. The number of benzene rings is 2. The second kappa shape index (κ2) is 8.14. The number of nitrogens with zero attached hydrogens (tertiary/aromatic N) is 5. The van der Waals surface area contributed by atoms with Crippen LogP contribution in [0.3, 0.4) is 0 Å². The van der Waals surface area contributed by atoms with Gasteiger partial charge < -0.3 is 13.7 Å². The van der Waals surface area contributed by atoms with Crippen LogP contribution in [-0.4, -0.2) is 19.7 Å². The minimum Gasteiger partial charge on any atom is -0.453 e. The maximum absolute atomic E-state index is 15.1. The molecule has 0 radical (unpaired) electrons. The third-order valence-electron chi connectivity index (χ3n) is 4.19. The minimum absolute atomic E-state index is 0.0310. The molecule has 0 saturated heterocycles. The van der Waals surface area contributed by atoms with Crippen molar-refractivity contribution in [2.75, 3.05) is 0 Å². The molecule has 0 aliphatic heterocycles. The van der Waals surface area contributed by atoms with Gasteiger partial charge in [-0.2, -0.15) is 5.26 Å². The number of halogens is 3. The van der Waals surface area contributed by atoms with Crippen molar-refractivity contribution >= 4 is 23.2 Å². The van der Waals surface area contributed by atoms with Crippen molar-refractivity contribution in [2.45, 2.75) is 6.42 Å². The van der Waals surface area contributed by atoms with Crippen LogP contribution in [-0.2, 0) is 13.5 Å². The maximum Gasteiger partial charge on any atom is 0.265 e. The van der Waals surface area contributed by atoms with E-state index in [-0.39, 0.29) is 50.9 Å². The van der Waals surface area contributed by atoms with Crippen molar-refractivity contribution in [1.82, 2.24) is 19.7 Å². The van der Waals surface area contributed by atoms with Gasteiger partial charge >= 0.3 is 0 Å². The lowest BCUT2D eigenvalue weighted by Gasteiger charge is -2.11. The number of hydrogen-bond donors (Lipinski definition) is 0. The Morgan fingerprint density at radius 1 is 1.23 bits per heavy atom. The summed E-state index contributed by atoms with van der Waals surface area (Å²) in [5.41, 5.74) is 1.17. The third-order valence-corrected chi connectivity index (χ3v) is 4.71. The van der Waals surface area contributed by atoms with Gasteiger partial charge in [-0.15, -0.1) is 10.2 Å². The van der Waals surface area contributed by atoms with Crippen LogP contribution in [0.25, 0.3) is 11.6 Å². The predicted molar refractivity (Wildman–Crippen MR) is 107 cm³/mol. The predicted octanol–water partition coefficient (Wildman–Crippen LogP) is 5.17. The zero-order chi connectivity index (χ0) is 21.3. The molecule has 0 N–H and O–H groups in total. The number of ether oxygens (including phenoxy) is 1. The molecule has 0 amide bonds. The molecule has 0 unspecified atom stereocenters. The van der Waals surface area contributed by atoms with Gasteiger partial charge in [0.1, 0.15) is 11.4 Å². The van der Waals surface area contributed by atoms with E-state index in [0.29, 0.717) is 5.69 Å². The van der Waals surface area contributed by atoms with Crippen LogP contribution in [0.4, 0.5) is 4.39 Å². The van der Waals surface area contributed by atoms with Gasteiger partial charge in [0, 0.05) is 17.6 Å². The van der Waals surface area contributed by atoms with Gasteiger partial charge in [0.2, 0.25) is 5.89 Å². The number of aryl methyl sites for hydroxylation is 1. The van der Waals surface area contributed by atoms with E-state index in [9.17, 15) is 0 Å².